The van der Waals surface area contributed by atoms with Gasteiger partial charge in [-0.3, -0.25) is 4.79 Å². The van der Waals surface area contributed by atoms with Crippen LogP contribution in [0.2, 0.25) is 0 Å². The molecule has 0 spiro atoms. The van der Waals surface area contributed by atoms with E-state index in [2.05, 4.69) is 17.2 Å². The highest BCUT2D eigenvalue weighted by Gasteiger charge is 2.39. The lowest BCUT2D eigenvalue weighted by Gasteiger charge is -1.98. The summed E-state index contributed by atoms with van der Waals surface area (Å²) in [5.74, 6) is 0.909. The summed E-state index contributed by atoms with van der Waals surface area (Å²) in [6, 6.07) is 0. The van der Waals surface area contributed by atoms with Gasteiger partial charge in [0.1, 0.15) is 0 Å². The van der Waals surface area contributed by atoms with Crippen LogP contribution in [0.1, 0.15) is 19.0 Å². The fourth-order valence-corrected chi connectivity index (χ4v) is 1.99. The number of anilines is 1. The summed E-state index contributed by atoms with van der Waals surface area (Å²) in [7, 11) is 0. The number of aromatic nitrogens is 1. The van der Waals surface area contributed by atoms with Gasteiger partial charge in [0.05, 0.1) is 5.69 Å². The molecule has 2 rings (SSSR count). The minimum atomic E-state index is 0.127. The molecule has 1 aromatic rings. The van der Waals surface area contributed by atoms with Crippen LogP contribution in [0.15, 0.2) is 5.38 Å². The van der Waals surface area contributed by atoms with E-state index in [0.29, 0.717) is 5.92 Å². The van der Waals surface area contributed by atoms with Gasteiger partial charge < -0.3 is 5.32 Å². The van der Waals surface area contributed by atoms with Crippen molar-refractivity contribution in [3.63, 3.8) is 0 Å². The van der Waals surface area contributed by atoms with Crippen LogP contribution < -0.4 is 5.32 Å². The molecule has 1 aliphatic carbocycles. The first-order chi connectivity index (χ1) is 6.16. The topological polar surface area (TPSA) is 42.0 Å². The summed E-state index contributed by atoms with van der Waals surface area (Å²) in [5, 5.41) is 5.48. The standard InChI is InChI=1S/C9H12N2OS/c1-5-3-7(5)8(12)11-9-10-6(2)4-13-9/h4-5,7H,3H2,1-2H3,(H,10,11,12)/t5-,7-/m0/s1. The third kappa shape index (κ3) is 1.88. The number of nitrogens with zero attached hydrogens (tertiary/aromatic N) is 1. The largest absolute Gasteiger partial charge is 0.302 e. The van der Waals surface area contributed by atoms with Gasteiger partial charge in [0.2, 0.25) is 5.91 Å². The molecule has 1 amide bonds. The molecule has 2 atom stereocenters. The molecule has 1 saturated carbocycles. The van der Waals surface area contributed by atoms with Gasteiger partial charge in [0, 0.05) is 11.3 Å². The number of nitrogens with one attached hydrogen (secondary N) is 1. The Hall–Kier alpha value is -0.900. The minimum absolute atomic E-state index is 0.127. The number of hydrogen-bond acceptors (Lipinski definition) is 3. The van der Waals surface area contributed by atoms with Gasteiger partial charge in [-0.15, -0.1) is 11.3 Å². The summed E-state index contributed by atoms with van der Waals surface area (Å²) >= 11 is 1.48. The molecule has 1 fully saturated rings. The van der Waals surface area contributed by atoms with Crippen LogP contribution in [-0.4, -0.2) is 10.9 Å². The van der Waals surface area contributed by atoms with Crippen molar-refractivity contribution in [3.05, 3.63) is 11.1 Å². The van der Waals surface area contributed by atoms with Crippen LogP contribution in [0.25, 0.3) is 0 Å². The number of carbonyl (C=O) groups is 1. The number of aryl methyl sites for hydroxylation is 1. The van der Waals surface area contributed by atoms with E-state index in [4.69, 9.17) is 0 Å². The summed E-state index contributed by atoms with van der Waals surface area (Å²) in [4.78, 5) is 15.6. The predicted octanol–water partition coefficient (Wildman–Crippen LogP) is 2.05. The molecule has 1 aromatic heterocycles. The first-order valence-corrected chi connectivity index (χ1v) is 5.28. The van der Waals surface area contributed by atoms with Gasteiger partial charge in [0.15, 0.2) is 5.13 Å². The van der Waals surface area contributed by atoms with E-state index >= 15 is 0 Å². The summed E-state index contributed by atoms with van der Waals surface area (Å²) in [5.41, 5.74) is 0.962. The van der Waals surface area contributed by atoms with Gasteiger partial charge >= 0.3 is 0 Å². The van der Waals surface area contributed by atoms with E-state index < -0.39 is 0 Å². The molecule has 0 unspecified atom stereocenters. The van der Waals surface area contributed by atoms with Crippen LogP contribution in [0.5, 0.6) is 0 Å². The SMILES string of the molecule is Cc1csc(NC(=O)[C@H]2C[C@@H]2C)n1. The molecule has 0 bridgehead atoms. The Labute approximate surface area is 81.2 Å². The van der Waals surface area contributed by atoms with Crippen LogP contribution >= 0.6 is 11.3 Å². The highest BCUT2D eigenvalue weighted by atomic mass is 32.1. The maximum Gasteiger partial charge on any atom is 0.229 e. The van der Waals surface area contributed by atoms with E-state index in [0.717, 1.165) is 17.2 Å². The Morgan fingerprint density at radius 2 is 2.46 bits per heavy atom. The first kappa shape index (κ1) is 8.69. The second kappa shape index (κ2) is 3.10. The lowest BCUT2D eigenvalue weighted by atomic mass is 10.3. The average Bonchev–Trinajstić information content (AvgIpc) is 2.66. The average molecular weight is 196 g/mol. The first-order valence-electron chi connectivity index (χ1n) is 4.40. The molecular weight excluding hydrogens is 184 g/mol. The van der Waals surface area contributed by atoms with E-state index in [1.54, 1.807) is 0 Å². The molecule has 1 aliphatic rings. The van der Waals surface area contributed by atoms with E-state index in [1.165, 1.54) is 11.3 Å². The van der Waals surface area contributed by atoms with Gasteiger partial charge in [-0.2, -0.15) is 0 Å². The Morgan fingerprint density at radius 1 is 1.77 bits per heavy atom. The molecular formula is C9H12N2OS. The molecule has 70 valence electrons. The fraction of sp³-hybridized carbons (Fsp3) is 0.556. The normalized spacial score (nSPS) is 25.7. The van der Waals surface area contributed by atoms with E-state index in [1.807, 2.05) is 12.3 Å². The van der Waals surface area contributed by atoms with Crippen molar-refractivity contribution < 1.29 is 4.79 Å². The minimum Gasteiger partial charge on any atom is -0.302 e. The third-order valence-corrected chi connectivity index (χ3v) is 3.17. The second-order valence-corrected chi connectivity index (χ2v) is 4.46. The molecule has 0 saturated heterocycles. The third-order valence-electron chi connectivity index (χ3n) is 2.30. The quantitative estimate of drug-likeness (QED) is 0.786. The van der Waals surface area contributed by atoms with Crippen molar-refractivity contribution in [1.29, 1.82) is 0 Å². The van der Waals surface area contributed by atoms with E-state index in [9.17, 15) is 4.79 Å². The maximum atomic E-state index is 11.4. The lowest BCUT2D eigenvalue weighted by Crippen LogP contribution is -2.14. The number of thiazole rings is 1. The maximum absolute atomic E-state index is 11.4. The summed E-state index contributed by atoms with van der Waals surface area (Å²) in [6.45, 7) is 4.02. The zero-order chi connectivity index (χ0) is 9.42. The molecule has 1 N–H and O–H groups in total. The van der Waals surface area contributed by atoms with Crippen molar-refractivity contribution in [2.45, 2.75) is 20.3 Å². The molecule has 3 nitrogen and oxygen atoms in total. The zero-order valence-electron chi connectivity index (χ0n) is 7.70. The lowest BCUT2D eigenvalue weighted by molar-refractivity contribution is -0.117. The fourth-order valence-electron chi connectivity index (χ4n) is 1.30. The highest BCUT2D eigenvalue weighted by molar-refractivity contribution is 7.13. The molecule has 0 aliphatic heterocycles. The van der Waals surface area contributed by atoms with Crippen molar-refractivity contribution in [2.75, 3.05) is 5.32 Å². The Bertz CT molecular complexity index is 334. The molecule has 0 radical (unpaired) electrons. The van der Waals surface area contributed by atoms with Gasteiger partial charge in [-0.1, -0.05) is 6.92 Å². The monoisotopic (exact) mass is 196 g/mol. The van der Waals surface area contributed by atoms with Crippen LogP contribution in [-0.2, 0) is 4.79 Å². The van der Waals surface area contributed by atoms with Crippen LogP contribution in [0.3, 0.4) is 0 Å². The van der Waals surface area contributed by atoms with Crippen molar-refractivity contribution in [3.8, 4) is 0 Å². The Morgan fingerprint density at radius 3 is 2.92 bits per heavy atom. The van der Waals surface area contributed by atoms with Crippen LogP contribution in [0, 0.1) is 18.8 Å². The van der Waals surface area contributed by atoms with Crippen molar-refractivity contribution >= 4 is 22.4 Å². The highest BCUT2D eigenvalue weighted by Crippen LogP contribution is 2.38. The van der Waals surface area contributed by atoms with Gasteiger partial charge in [0.25, 0.3) is 0 Å². The number of rotatable bonds is 2. The molecule has 4 heteroatoms. The number of hydrogen-bond donors (Lipinski definition) is 1. The smallest absolute Gasteiger partial charge is 0.229 e. The van der Waals surface area contributed by atoms with Crippen molar-refractivity contribution in [2.24, 2.45) is 11.8 Å². The number of carbonyl (C=O) groups excluding carboxylic acids is 1. The Kier molecular flexibility index (Phi) is 2.07. The second-order valence-electron chi connectivity index (χ2n) is 3.60. The zero-order valence-corrected chi connectivity index (χ0v) is 8.52. The Balaban J connectivity index is 1.95. The molecule has 1 heterocycles. The van der Waals surface area contributed by atoms with Gasteiger partial charge in [-0.25, -0.2) is 4.98 Å². The number of amides is 1. The predicted molar refractivity (Wildman–Crippen MR) is 52.8 cm³/mol. The summed E-state index contributed by atoms with van der Waals surface area (Å²) in [6.07, 6.45) is 1.02. The summed E-state index contributed by atoms with van der Waals surface area (Å²) < 4.78 is 0. The molecule has 0 aromatic carbocycles. The van der Waals surface area contributed by atoms with Crippen molar-refractivity contribution in [1.82, 2.24) is 4.98 Å². The van der Waals surface area contributed by atoms with Crippen LogP contribution in [0.4, 0.5) is 5.13 Å². The molecule has 13 heavy (non-hydrogen) atoms. The van der Waals surface area contributed by atoms with E-state index in [-0.39, 0.29) is 11.8 Å². The van der Waals surface area contributed by atoms with Gasteiger partial charge in [-0.05, 0) is 19.3 Å².